The van der Waals surface area contributed by atoms with E-state index in [0.717, 1.165) is 0 Å². The number of fused-ring (bicyclic) bond motifs is 1. The van der Waals surface area contributed by atoms with E-state index in [2.05, 4.69) is 4.98 Å². The number of amides is 1. The number of hydrogen-bond acceptors (Lipinski definition) is 6. The molecule has 3 rings (SSSR count). The summed E-state index contributed by atoms with van der Waals surface area (Å²) in [4.78, 5) is 29.2. The summed E-state index contributed by atoms with van der Waals surface area (Å²) >= 11 is 0. The third-order valence-corrected chi connectivity index (χ3v) is 4.52. The number of nitrogens with zero attached hydrogens (tertiary/aromatic N) is 1. The number of hydrogen-bond donors (Lipinski definition) is 1. The van der Waals surface area contributed by atoms with Gasteiger partial charge in [-0.25, -0.2) is 0 Å². The number of pyridine rings is 1. The molecule has 2 N–H and O–H groups in total. The quantitative estimate of drug-likeness (QED) is 0.574. The van der Waals surface area contributed by atoms with E-state index in [0.29, 0.717) is 39.1 Å². The molecule has 7 nitrogen and oxygen atoms in total. The van der Waals surface area contributed by atoms with Crippen molar-refractivity contribution in [3.8, 4) is 17.2 Å². The average Bonchev–Trinajstić information content (AvgIpc) is 2.71. The van der Waals surface area contributed by atoms with Crippen LogP contribution in [-0.2, 0) is 11.2 Å². The van der Waals surface area contributed by atoms with Gasteiger partial charge >= 0.3 is 0 Å². The largest absolute Gasteiger partial charge is 0.493 e. The van der Waals surface area contributed by atoms with E-state index < -0.39 is 5.91 Å². The zero-order valence-corrected chi connectivity index (χ0v) is 17.4. The van der Waals surface area contributed by atoms with Crippen LogP contribution in [0.2, 0.25) is 0 Å². The predicted octanol–water partition coefficient (Wildman–Crippen LogP) is 3.30. The van der Waals surface area contributed by atoms with E-state index in [-0.39, 0.29) is 24.0 Å². The van der Waals surface area contributed by atoms with Crippen molar-refractivity contribution in [1.82, 2.24) is 4.98 Å². The number of benzene rings is 2. The highest BCUT2D eigenvalue weighted by atomic mass is 16.5. The third-order valence-electron chi connectivity index (χ3n) is 4.52. The Morgan fingerprint density at radius 3 is 2.30 bits per heavy atom. The van der Waals surface area contributed by atoms with Crippen LogP contribution in [0.5, 0.6) is 17.2 Å². The Hall–Kier alpha value is -3.61. The fourth-order valence-corrected chi connectivity index (χ4v) is 3.25. The van der Waals surface area contributed by atoms with Crippen LogP contribution in [0.15, 0.2) is 42.6 Å². The van der Waals surface area contributed by atoms with Gasteiger partial charge in [-0.15, -0.1) is 0 Å². The molecule has 0 bridgehead atoms. The second-order valence-electron chi connectivity index (χ2n) is 7.05. The molecule has 1 heterocycles. The lowest BCUT2D eigenvalue weighted by Gasteiger charge is -2.14. The molecular formula is C23H24N2O5. The molecule has 0 unspecified atom stereocenters. The molecule has 0 aliphatic rings. The lowest BCUT2D eigenvalue weighted by atomic mass is 9.97. The number of aromatic nitrogens is 1. The molecule has 1 aromatic heterocycles. The summed E-state index contributed by atoms with van der Waals surface area (Å²) in [7, 11) is 3.03. The molecule has 1 amide bonds. The Kier molecular flexibility index (Phi) is 6.20. The number of methoxy groups -OCH3 is 2. The maximum absolute atomic E-state index is 13.3. The molecule has 0 fully saturated rings. The number of ether oxygens (including phenoxy) is 3. The highest BCUT2D eigenvalue weighted by molar-refractivity contribution is 6.16. The summed E-state index contributed by atoms with van der Waals surface area (Å²) in [6.07, 6.45) is 1.48. The zero-order valence-electron chi connectivity index (χ0n) is 17.4. The summed E-state index contributed by atoms with van der Waals surface area (Å²) in [6.45, 7) is 3.83. The number of rotatable bonds is 8. The van der Waals surface area contributed by atoms with Crippen molar-refractivity contribution in [1.29, 1.82) is 0 Å². The van der Waals surface area contributed by atoms with Gasteiger partial charge in [-0.2, -0.15) is 0 Å². The van der Waals surface area contributed by atoms with E-state index in [1.54, 1.807) is 36.4 Å². The highest BCUT2D eigenvalue weighted by Crippen LogP contribution is 2.35. The summed E-state index contributed by atoms with van der Waals surface area (Å²) in [5.41, 5.74) is 6.67. The Balaban J connectivity index is 2.18. The second-order valence-corrected chi connectivity index (χ2v) is 7.05. The maximum atomic E-state index is 13.3. The lowest BCUT2D eigenvalue weighted by Crippen LogP contribution is -2.15. The molecule has 0 aliphatic heterocycles. The van der Waals surface area contributed by atoms with Crippen molar-refractivity contribution in [3.63, 3.8) is 0 Å². The van der Waals surface area contributed by atoms with Crippen molar-refractivity contribution in [2.45, 2.75) is 26.4 Å². The third kappa shape index (κ3) is 4.35. The topological polar surface area (TPSA) is 101 Å². The van der Waals surface area contributed by atoms with E-state index in [4.69, 9.17) is 19.9 Å². The van der Waals surface area contributed by atoms with Crippen molar-refractivity contribution in [2.24, 2.45) is 5.73 Å². The van der Waals surface area contributed by atoms with E-state index in [1.807, 2.05) is 13.8 Å². The molecule has 3 aromatic rings. The van der Waals surface area contributed by atoms with Crippen molar-refractivity contribution in [2.75, 3.05) is 14.2 Å². The molecule has 0 spiro atoms. The maximum Gasteiger partial charge on any atom is 0.221 e. The normalized spacial score (nSPS) is 10.8. The van der Waals surface area contributed by atoms with Crippen LogP contribution in [0.4, 0.5) is 0 Å². The van der Waals surface area contributed by atoms with Gasteiger partial charge in [0.05, 0.1) is 26.7 Å². The summed E-state index contributed by atoms with van der Waals surface area (Å²) in [6, 6.07) is 10.4. The van der Waals surface area contributed by atoms with Crippen LogP contribution in [0.25, 0.3) is 10.8 Å². The van der Waals surface area contributed by atoms with Crippen LogP contribution >= 0.6 is 0 Å². The first kappa shape index (κ1) is 21.1. The fraction of sp³-hybridized carbons (Fsp3) is 0.261. The number of carbonyl (C=O) groups is 2. The van der Waals surface area contributed by atoms with Crippen LogP contribution in [-0.4, -0.2) is 37.0 Å². The smallest absolute Gasteiger partial charge is 0.221 e. The van der Waals surface area contributed by atoms with Crippen molar-refractivity contribution >= 4 is 22.5 Å². The van der Waals surface area contributed by atoms with Gasteiger partial charge < -0.3 is 19.9 Å². The standard InChI is InChI=1S/C23H24N2O5/c1-13(2)30-16-7-5-6-14(8-16)23(27)22-18-11-20(29-4)19(28-3)10-17(18)15(12-25-22)9-21(24)26/h5-8,10-13H,9H2,1-4H3,(H2,24,26). The first-order valence-electron chi connectivity index (χ1n) is 9.47. The SMILES string of the molecule is COc1cc2c(CC(N)=O)cnc(C(=O)c3cccc(OC(C)C)c3)c2cc1OC. The molecule has 0 aliphatic carbocycles. The Morgan fingerprint density at radius 2 is 1.70 bits per heavy atom. The Morgan fingerprint density at radius 1 is 1.03 bits per heavy atom. The van der Waals surface area contributed by atoms with Gasteiger partial charge in [-0.05, 0) is 49.1 Å². The van der Waals surface area contributed by atoms with Gasteiger partial charge in [0, 0.05) is 17.1 Å². The first-order chi connectivity index (χ1) is 14.3. The second kappa shape index (κ2) is 8.82. The van der Waals surface area contributed by atoms with Crippen LogP contribution in [0, 0.1) is 0 Å². The van der Waals surface area contributed by atoms with Gasteiger partial charge in [-0.1, -0.05) is 12.1 Å². The Bertz CT molecular complexity index is 1110. The molecule has 0 saturated carbocycles. The van der Waals surface area contributed by atoms with Gasteiger partial charge in [0.15, 0.2) is 11.5 Å². The number of ketones is 1. The van der Waals surface area contributed by atoms with Crippen LogP contribution < -0.4 is 19.9 Å². The first-order valence-corrected chi connectivity index (χ1v) is 9.47. The minimum Gasteiger partial charge on any atom is -0.493 e. The van der Waals surface area contributed by atoms with E-state index >= 15 is 0 Å². The monoisotopic (exact) mass is 408 g/mol. The van der Waals surface area contributed by atoms with Crippen LogP contribution in [0.3, 0.4) is 0 Å². The van der Waals surface area contributed by atoms with Crippen LogP contribution in [0.1, 0.15) is 35.5 Å². The summed E-state index contributed by atoms with van der Waals surface area (Å²) in [5, 5.41) is 1.20. The summed E-state index contributed by atoms with van der Waals surface area (Å²) in [5.74, 6) is 0.768. The minimum absolute atomic E-state index is 0.00876. The molecule has 0 saturated heterocycles. The Labute approximate surface area is 174 Å². The molecule has 30 heavy (non-hydrogen) atoms. The van der Waals surface area contributed by atoms with Gasteiger partial charge in [0.2, 0.25) is 11.7 Å². The molecule has 156 valence electrons. The summed E-state index contributed by atoms with van der Waals surface area (Å²) < 4.78 is 16.5. The van der Waals surface area contributed by atoms with E-state index in [9.17, 15) is 9.59 Å². The minimum atomic E-state index is -0.495. The van der Waals surface area contributed by atoms with Gasteiger partial charge in [0.25, 0.3) is 0 Å². The number of primary amides is 1. The predicted molar refractivity (Wildman–Crippen MR) is 113 cm³/mol. The zero-order chi connectivity index (χ0) is 21.8. The number of carbonyl (C=O) groups excluding carboxylic acids is 2. The van der Waals surface area contributed by atoms with Gasteiger partial charge in [-0.3, -0.25) is 14.6 Å². The average molecular weight is 408 g/mol. The molecule has 0 radical (unpaired) electrons. The lowest BCUT2D eigenvalue weighted by molar-refractivity contribution is -0.117. The van der Waals surface area contributed by atoms with Crippen molar-refractivity contribution in [3.05, 3.63) is 59.4 Å². The van der Waals surface area contributed by atoms with Gasteiger partial charge in [0.1, 0.15) is 11.4 Å². The van der Waals surface area contributed by atoms with Crippen molar-refractivity contribution < 1.29 is 23.8 Å². The fourth-order valence-electron chi connectivity index (χ4n) is 3.25. The molecule has 7 heteroatoms. The molecular weight excluding hydrogens is 384 g/mol. The highest BCUT2D eigenvalue weighted by Gasteiger charge is 2.20. The van der Waals surface area contributed by atoms with E-state index in [1.165, 1.54) is 20.4 Å². The molecule has 0 atom stereocenters. The number of nitrogens with two attached hydrogens (primary N) is 1. The molecule has 2 aromatic carbocycles.